The van der Waals surface area contributed by atoms with E-state index in [-0.39, 0.29) is 5.25 Å². The van der Waals surface area contributed by atoms with E-state index in [1.165, 1.54) is 10.9 Å². The summed E-state index contributed by atoms with van der Waals surface area (Å²) >= 11 is 0. The molecule has 0 spiro atoms. The fraction of sp³-hybridized carbons (Fsp3) is 0.429. The lowest BCUT2D eigenvalue weighted by molar-refractivity contribution is 0.563. The van der Waals surface area contributed by atoms with E-state index in [9.17, 15) is 8.42 Å². The summed E-state index contributed by atoms with van der Waals surface area (Å²) in [5, 5.41) is 0.838. The Morgan fingerprint density at radius 3 is 2.68 bits per heavy atom. The van der Waals surface area contributed by atoms with Crippen LogP contribution in [-0.4, -0.2) is 24.8 Å². The van der Waals surface area contributed by atoms with Crippen molar-refractivity contribution in [3.63, 3.8) is 0 Å². The fourth-order valence-corrected chi connectivity index (χ4v) is 2.73. The van der Waals surface area contributed by atoms with Gasteiger partial charge in [-0.1, -0.05) is 18.2 Å². The predicted molar refractivity (Wildman–Crippen MR) is 78.6 cm³/mol. The van der Waals surface area contributed by atoms with Gasteiger partial charge in [-0.15, -0.1) is 0 Å². The zero-order valence-corrected chi connectivity index (χ0v) is 12.2. The second kappa shape index (κ2) is 5.75. The first-order valence-electron chi connectivity index (χ1n) is 6.53. The monoisotopic (exact) mass is 280 g/mol. The Morgan fingerprint density at radius 1 is 1.21 bits per heavy atom. The van der Waals surface area contributed by atoms with Gasteiger partial charge in [0.1, 0.15) is 0 Å². The number of para-hydroxylation sites is 1. The molecular formula is C14H20N2O2S. The molecule has 104 valence electrons. The van der Waals surface area contributed by atoms with Crippen LogP contribution in [0.5, 0.6) is 0 Å². The van der Waals surface area contributed by atoms with E-state index in [0.717, 1.165) is 13.0 Å². The Balaban J connectivity index is 1.90. The first-order chi connectivity index (χ1) is 9.00. The number of nitrogens with zero attached hydrogens (tertiary/aromatic N) is 1. The van der Waals surface area contributed by atoms with Crippen LogP contribution in [0.25, 0.3) is 10.9 Å². The lowest BCUT2D eigenvalue weighted by Gasteiger charge is -2.10. The average Bonchev–Trinajstić information content (AvgIpc) is 2.78. The van der Waals surface area contributed by atoms with Crippen molar-refractivity contribution in [2.45, 2.75) is 32.1 Å². The lowest BCUT2D eigenvalue weighted by Crippen LogP contribution is -2.31. The molecule has 1 aromatic heterocycles. The molecule has 0 radical (unpaired) electrons. The molecule has 0 amide bonds. The Bertz CT molecular complexity index is 644. The first-order valence-corrected chi connectivity index (χ1v) is 8.08. The molecule has 1 N–H and O–H groups in total. The number of hydrogen-bond donors (Lipinski definition) is 1. The fourth-order valence-electron chi connectivity index (χ4n) is 1.97. The minimum atomic E-state index is -3.14. The molecule has 1 heterocycles. The third-order valence-electron chi connectivity index (χ3n) is 3.18. The highest BCUT2D eigenvalue weighted by molar-refractivity contribution is 7.90. The highest BCUT2D eigenvalue weighted by Crippen LogP contribution is 2.15. The SMILES string of the molecule is CC(C)S(=O)(=O)NCCCn1ccc2ccccc21. The summed E-state index contributed by atoms with van der Waals surface area (Å²) < 4.78 is 28.0. The zero-order chi connectivity index (χ0) is 13.9. The molecule has 4 nitrogen and oxygen atoms in total. The van der Waals surface area contributed by atoms with Gasteiger partial charge in [-0.25, -0.2) is 13.1 Å². The van der Waals surface area contributed by atoms with Gasteiger partial charge in [0.2, 0.25) is 10.0 Å². The van der Waals surface area contributed by atoms with Crippen molar-refractivity contribution in [2.75, 3.05) is 6.54 Å². The molecule has 0 atom stereocenters. The summed E-state index contributed by atoms with van der Waals surface area (Å²) in [6.07, 6.45) is 2.83. The van der Waals surface area contributed by atoms with Crippen LogP contribution in [0.4, 0.5) is 0 Å². The molecule has 2 aromatic rings. The van der Waals surface area contributed by atoms with Gasteiger partial charge < -0.3 is 4.57 Å². The van der Waals surface area contributed by atoms with E-state index in [0.29, 0.717) is 6.54 Å². The van der Waals surface area contributed by atoms with Crippen LogP contribution in [0.3, 0.4) is 0 Å². The molecule has 2 rings (SSSR count). The molecule has 0 saturated carbocycles. The van der Waals surface area contributed by atoms with Gasteiger partial charge >= 0.3 is 0 Å². The van der Waals surface area contributed by atoms with E-state index in [1.54, 1.807) is 13.8 Å². The van der Waals surface area contributed by atoms with Crippen LogP contribution in [0, 0.1) is 0 Å². The van der Waals surface area contributed by atoms with Crippen molar-refractivity contribution in [2.24, 2.45) is 0 Å². The summed E-state index contributed by atoms with van der Waals surface area (Å²) in [5.74, 6) is 0. The van der Waals surface area contributed by atoms with Crippen LogP contribution in [0.2, 0.25) is 0 Å². The Kier molecular flexibility index (Phi) is 4.27. The van der Waals surface area contributed by atoms with Crippen LogP contribution in [-0.2, 0) is 16.6 Å². The van der Waals surface area contributed by atoms with Crippen LogP contribution >= 0.6 is 0 Å². The third-order valence-corrected chi connectivity index (χ3v) is 5.03. The Morgan fingerprint density at radius 2 is 1.95 bits per heavy atom. The number of nitrogens with one attached hydrogen (secondary N) is 1. The number of aryl methyl sites for hydroxylation is 1. The van der Waals surface area contributed by atoms with Crippen molar-refractivity contribution in [1.82, 2.24) is 9.29 Å². The standard InChI is InChI=1S/C14H20N2O2S/c1-12(2)19(17,18)15-9-5-10-16-11-8-13-6-3-4-7-14(13)16/h3-4,6-8,11-12,15H,5,9-10H2,1-2H3. The minimum absolute atomic E-state index is 0.375. The quantitative estimate of drug-likeness (QED) is 0.826. The number of fused-ring (bicyclic) bond motifs is 1. The first kappa shape index (κ1) is 14.1. The molecule has 1 aromatic carbocycles. The molecule has 19 heavy (non-hydrogen) atoms. The summed E-state index contributed by atoms with van der Waals surface area (Å²) in [7, 11) is -3.14. The molecule has 0 aliphatic rings. The van der Waals surface area contributed by atoms with Gasteiger partial charge in [0, 0.05) is 24.8 Å². The number of benzene rings is 1. The molecule has 0 fully saturated rings. The maximum Gasteiger partial charge on any atom is 0.213 e. The van der Waals surface area contributed by atoms with Gasteiger partial charge in [0.15, 0.2) is 0 Å². The van der Waals surface area contributed by atoms with Gasteiger partial charge in [0.05, 0.1) is 5.25 Å². The molecule has 0 aliphatic carbocycles. The smallest absolute Gasteiger partial charge is 0.213 e. The van der Waals surface area contributed by atoms with Crippen LogP contribution < -0.4 is 4.72 Å². The van der Waals surface area contributed by atoms with E-state index in [4.69, 9.17) is 0 Å². The van der Waals surface area contributed by atoms with Crippen molar-refractivity contribution in [3.8, 4) is 0 Å². The predicted octanol–water partition coefficient (Wildman–Crippen LogP) is 2.36. The van der Waals surface area contributed by atoms with Crippen molar-refractivity contribution >= 4 is 20.9 Å². The summed E-state index contributed by atoms with van der Waals surface area (Å²) in [5.41, 5.74) is 1.19. The van der Waals surface area contributed by atoms with Crippen molar-refractivity contribution in [1.29, 1.82) is 0 Å². The highest BCUT2D eigenvalue weighted by Gasteiger charge is 2.14. The van der Waals surface area contributed by atoms with E-state index >= 15 is 0 Å². The summed E-state index contributed by atoms with van der Waals surface area (Å²) in [4.78, 5) is 0. The van der Waals surface area contributed by atoms with Crippen molar-refractivity contribution in [3.05, 3.63) is 36.5 Å². The second-order valence-corrected chi connectivity index (χ2v) is 7.23. The highest BCUT2D eigenvalue weighted by atomic mass is 32.2. The molecule has 0 unspecified atom stereocenters. The second-order valence-electron chi connectivity index (χ2n) is 4.91. The lowest BCUT2D eigenvalue weighted by atomic mass is 10.2. The number of hydrogen-bond acceptors (Lipinski definition) is 2. The van der Waals surface area contributed by atoms with Crippen molar-refractivity contribution < 1.29 is 8.42 Å². The maximum absolute atomic E-state index is 11.6. The molecule has 5 heteroatoms. The summed E-state index contributed by atoms with van der Waals surface area (Å²) in [6.45, 7) is 4.66. The molecule has 0 saturated heterocycles. The van der Waals surface area contributed by atoms with Gasteiger partial charge in [0.25, 0.3) is 0 Å². The largest absolute Gasteiger partial charge is 0.347 e. The van der Waals surface area contributed by atoms with Gasteiger partial charge in [-0.2, -0.15) is 0 Å². The van der Waals surface area contributed by atoms with Crippen LogP contribution in [0.1, 0.15) is 20.3 Å². The zero-order valence-electron chi connectivity index (χ0n) is 11.3. The van der Waals surface area contributed by atoms with Crippen LogP contribution in [0.15, 0.2) is 36.5 Å². The molecular weight excluding hydrogens is 260 g/mol. The van der Waals surface area contributed by atoms with E-state index in [2.05, 4.69) is 27.5 Å². The van der Waals surface area contributed by atoms with E-state index in [1.807, 2.05) is 18.3 Å². The third kappa shape index (κ3) is 3.36. The van der Waals surface area contributed by atoms with Gasteiger partial charge in [-0.3, -0.25) is 0 Å². The topological polar surface area (TPSA) is 51.1 Å². The number of sulfonamides is 1. The molecule has 0 aliphatic heterocycles. The number of rotatable bonds is 6. The summed E-state index contributed by atoms with van der Waals surface area (Å²) in [6, 6.07) is 10.3. The van der Waals surface area contributed by atoms with Gasteiger partial charge in [-0.05, 0) is 37.8 Å². The normalized spacial score (nSPS) is 12.4. The average molecular weight is 280 g/mol. The maximum atomic E-state index is 11.6. The Hall–Kier alpha value is -1.33. The number of aromatic nitrogens is 1. The Labute approximate surface area is 114 Å². The van der Waals surface area contributed by atoms with E-state index < -0.39 is 10.0 Å². The molecule has 0 bridgehead atoms. The minimum Gasteiger partial charge on any atom is -0.347 e.